The van der Waals surface area contributed by atoms with Gasteiger partial charge in [0.1, 0.15) is 6.04 Å². The van der Waals surface area contributed by atoms with Crippen molar-refractivity contribution in [2.45, 2.75) is 6.04 Å². The molecule has 2 rings (SSSR count). The van der Waals surface area contributed by atoms with Crippen molar-refractivity contribution in [2.24, 2.45) is 0 Å². The highest BCUT2D eigenvalue weighted by Gasteiger charge is 2.19. The molecule has 0 radical (unpaired) electrons. The summed E-state index contributed by atoms with van der Waals surface area (Å²) < 4.78 is 4.84. The van der Waals surface area contributed by atoms with E-state index in [1.807, 2.05) is 66.0 Å². The number of carbonyl (C=O) groups is 2. The molecule has 2 aromatic carbocycles. The van der Waals surface area contributed by atoms with Gasteiger partial charge in [-0.25, -0.2) is 4.79 Å². The van der Waals surface area contributed by atoms with Gasteiger partial charge in [-0.15, -0.1) is 0 Å². The molecule has 6 nitrogen and oxygen atoms in total. The lowest BCUT2D eigenvalue weighted by atomic mass is 9.99. The largest absolute Gasteiger partial charge is 0.383 e. The maximum atomic E-state index is 12.0. The third kappa shape index (κ3) is 6.37. The molecule has 25 heavy (non-hydrogen) atoms. The van der Waals surface area contributed by atoms with E-state index in [0.29, 0.717) is 13.2 Å². The quantitative estimate of drug-likeness (QED) is 0.621. The van der Waals surface area contributed by atoms with Crippen molar-refractivity contribution < 1.29 is 19.6 Å². The maximum Gasteiger partial charge on any atom is 0.321 e. The molecule has 0 fully saturated rings. The molecule has 0 aromatic heterocycles. The fourth-order valence-corrected chi connectivity index (χ4v) is 2.50. The van der Waals surface area contributed by atoms with Gasteiger partial charge in [0, 0.05) is 24.8 Å². The summed E-state index contributed by atoms with van der Waals surface area (Å²) >= 11 is 0. The molecule has 0 heterocycles. The summed E-state index contributed by atoms with van der Waals surface area (Å²) in [4.78, 5) is 23.6. The minimum absolute atomic E-state index is 0.00953. The second-order valence-corrected chi connectivity index (χ2v) is 5.54. The lowest BCUT2D eigenvalue weighted by Gasteiger charge is -2.16. The summed E-state index contributed by atoms with van der Waals surface area (Å²) in [5.41, 5.74) is 2.21. The van der Waals surface area contributed by atoms with Crippen molar-refractivity contribution in [2.75, 3.05) is 26.8 Å². The standard InChI is InChI=1S/C19H23N3O3/c1-25-13-12-20-19(24)22-17(23)14-21-18(15-8-4-2-5-9-15)16-10-6-3-7-11-16/h2-11,18,21H,12-14H2,1H3,(H2,20,22,23,24)/p+1. The van der Waals surface area contributed by atoms with E-state index >= 15 is 0 Å². The molecule has 132 valence electrons. The smallest absolute Gasteiger partial charge is 0.321 e. The average Bonchev–Trinajstić information content (AvgIpc) is 2.64. The SMILES string of the molecule is COCCNC(=O)NC(=O)C[NH2+]C(c1ccccc1)c1ccccc1. The van der Waals surface area contributed by atoms with Crippen LogP contribution in [0.2, 0.25) is 0 Å². The number of nitrogens with two attached hydrogens (primary N) is 1. The molecule has 0 aliphatic carbocycles. The summed E-state index contributed by atoms with van der Waals surface area (Å²) in [6.07, 6.45) is 0. The Bertz CT molecular complexity index is 623. The van der Waals surface area contributed by atoms with Crippen LogP contribution in [0.25, 0.3) is 0 Å². The molecule has 0 atom stereocenters. The fourth-order valence-electron chi connectivity index (χ4n) is 2.50. The zero-order valence-corrected chi connectivity index (χ0v) is 14.3. The Morgan fingerprint density at radius 3 is 2.08 bits per heavy atom. The highest BCUT2D eigenvalue weighted by molar-refractivity contribution is 5.94. The fraction of sp³-hybridized carbons (Fsp3) is 0.263. The van der Waals surface area contributed by atoms with Crippen LogP contribution in [0, 0.1) is 0 Å². The highest BCUT2D eigenvalue weighted by Crippen LogP contribution is 2.17. The second-order valence-electron chi connectivity index (χ2n) is 5.54. The van der Waals surface area contributed by atoms with Crippen LogP contribution >= 0.6 is 0 Å². The van der Waals surface area contributed by atoms with E-state index in [9.17, 15) is 9.59 Å². The number of hydrogen-bond acceptors (Lipinski definition) is 3. The van der Waals surface area contributed by atoms with Crippen LogP contribution in [-0.2, 0) is 9.53 Å². The van der Waals surface area contributed by atoms with Gasteiger partial charge in [0.25, 0.3) is 5.91 Å². The van der Waals surface area contributed by atoms with Gasteiger partial charge >= 0.3 is 6.03 Å². The molecular weight excluding hydrogens is 318 g/mol. The van der Waals surface area contributed by atoms with Crippen molar-refractivity contribution in [3.05, 3.63) is 71.8 Å². The molecule has 0 spiro atoms. The first-order chi connectivity index (χ1) is 12.2. The van der Waals surface area contributed by atoms with Gasteiger partial charge in [-0.2, -0.15) is 0 Å². The Balaban J connectivity index is 1.94. The Morgan fingerprint density at radius 1 is 1.00 bits per heavy atom. The number of methoxy groups -OCH3 is 1. The monoisotopic (exact) mass is 342 g/mol. The molecule has 4 N–H and O–H groups in total. The lowest BCUT2D eigenvalue weighted by Crippen LogP contribution is -2.88. The first-order valence-electron chi connectivity index (χ1n) is 8.20. The van der Waals surface area contributed by atoms with Crippen molar-refractivity contribution in [1.82, 2.24) is 10.6 Å². The van der Waals surface area contributed by atoms with Gasteiger partial charge in [-0.1, -0.05) is 60.7 Å². The summed E-state index contributed by atoms with van der Waals surface area (Å²) in [7, 11) is 1.55. The number of hydrogen-bond donors (Lipinski definition) is 3. The normalized spacial score (nSPS) is 10.5. The number of urea groups is 1. The predicted octanol–water partition coefficient (Wildman–Crippen LogP) is 0.812. The van der Waals surface area contributed by atoms with E-state index in [-0.39, 0.29) is 18.5 Å². The first kappa shape index (κ1) is 18.6. The van der Waals surface area contributed by atoms with Crippen LogP contribution in [0.1, 0.15) is 17.2 Å². The van der Waals surface area contributed by atoms with Crippen LogP contribution in [0.4, 0.5) is 4.79 Å². The molecule has 0 bridgehead atoms. The zero-order valence-electron chi connectivity index (χ0n) is 14.3. The second kappa shape index (κ2) is 10.2. The highest BCUT2D eigenvalue weighted by atomic mass is 16.5. The number of carbonyl (C=O) groups excluding carboxylic acids is 2. The molecule has 0 saturated carbocycles. The van der Waals surface area contributed by atoms with Gasteiger partial charge in [-0.3, -0.25) is 10.1 Å². The maximum absolute atomic E-state index is 12.0. The van der Waals surface area contributed by atoms with Gasteiger partial charge < -0.3 is 15.4 Å². The molecule has 6 heteroatoms. The third-order valence-corrected chi connectivity index (χ3v) is 3.70. The number of ether oxygens (including phenoxy) is 1. The van der Waals surface area contributed by atoms with Crippen LogP contribution in [0.3, 0.4) is 0 Å². The van der Waals surface area contributed by atoms with Crippen LogP contribution in [0.15, 0.2) is 60.7 Å². The van der Waals surface area contributed by atoms with Gasteiger partial charge in [-0.05, 0) is 0 Å². The third-order valence-electron chi connectivity index (χ3n) is 3.70. The Morgan fingerprint density at radius 2 is 1.56 bits per heavy atom. The number of imide groups is 1. The van der Waals surface area contributed by atoms with Crippen molar-refractivity contribution in [3.8, 4) is 0 Å². The van der Waals surface area contributed by atoms with E-state index in [1.165, 1.54) is 0 Å². The zero-order chi connectivity index (χ0) is 17.9. The Hall–Kier alpha value is -2.70. The van der Waals surface area contributed by atoms with E-state index in [1.54, 1.807) is 7.11 Å². The molecule has 2 aromatic rings. The minimum Gasteiger partial charge on any atom is -0.383 e. The average molecular weight is 342 g/mol. The Labute approximate surface area is 147 Å². The molecule has 0 unspecified atom stereocenters. The molecular formula is C19H24N3O3+. The summed E-state index contributed by atoms with van der Waals surface area (Å²) in [6, 6.07) is 19.4. The van der Waals surface area contributed by atoms with E-state index in [4.69, 9.17) is 4.74 Å². The summed E-state index contributed by atoms with van der Waals surface area (Å²) in [6.45, 7) is 0.903. The number of benzene rings is 2. The van der Waals surface area contributed by atoms with Crippen LogP contribution in [0.5, 0.6) is 0 Å². The predicted molar refractivity (Wildman–Crippen MR) is 94.9 cm³/mol. The molecule has 0 aliphatic rings. The number of nitrogens with one attached hydrogen (secondary N) is 2. The van der Waals surface area contributed by atoms with Crippen molar-refractivity contribution >= 4 is 11.9 Å². The van der Waals surface area contributed by atoms with E-state index < -0.39 is 6.03 Å². The van der Waals surface area contributed by atoms with E-state index in [0.717, 1.165) is 11.1 Å². The van der Waals surface area contributed by atoms with Crippen molar-refractivity contribution in [1.29, 1.82) is 0 Å². The topological polar surface area (TPSA) is 84.0 Å². The van der Waals surface area contributed by atoms with E-state index in [2.05, 4.69) is 10.6 Å². The Kier molecular flexibility index (Phi) is 7.62. The van der Waals surface area contributed by atoms with Gasteiger partial charge in [0.2, 0.25) is 0 Å². The minimum atomic E-state index is -0.508. The molecule has 0 saturated heterocycles. The number of amides is 3. The number of rotatable bonds is 8. The summed E-state index contributed by atoms with van der Waals surface area (Å²) in [5, 5.41) is 6.80. The van der Waals surface area contributed by atoms with Gasteiger partial charge in [0.05, 0.1) is 6.61 Å². The first-order valence-corrected chi connectivity index (χ1v) is 8.20. The molecule has 0 aliphatic heterocycles. The van der Waals surface area contributed by atoms with Gasteiger partial charge in [0.15, 0.2) is 6.54 Å². The lowest BCUT2D eigenvalue weighted by molar-refractivity contribution is -0.676. The van der Waals surface area contributed by atoms with Crippen LogP contribution in [-0.4, -0.2) is 38.7 Å². The molecule has 3 amide bonds. The summed E-state index contributed by atoms with van der Waals surface area (Å²) in [5.74, 6) is -0.341. The number of quaternary nitrogens is 1. The van der Waals surface area contributed by atoms with Crippen molar-refractivity contribution in [3.63, 3.8) is 0 Å². The van der Waals surface area contributed by atoms with Crippen LogP contribution < -0.4 is 16.0 Å².